The summed E-state index contributed by atoms with van der Waals surface area (Å²) in [5.74, 6) is -2.51. The van der Waals surface area contributed by atoms with Gasteiger partial charge in [-0.15, -0.1) is 0 Å². The summed E-state index contributed by atoms with van der Waals surface area (Å²) < 4.78 is 24.5. The maximum Gasteiger partial charge on any atom is 0.346 e. The molecule has 86 valence electrons. The van der Waals surface area contributed by atoms with Crippen molar-refractivity contribution in [1.82, 2.24) is 4.98 Å². The van der Waals surface area contributed by atoms with Crippen molar-refractivity contribution in [2.45, 2.75) is 6.43 Å². The van der Waals surface area contributed by atoms with Crippen LogP contribution in [0.2, 0.25) is 0 Å². The number of carboxylic acid groups (broad SMARTS) is 1. The standard InChI is InChI=1S/C7H5F2N3O4/c8-5(9)2-1-3(12(15)16)4(7(13)14)6(10)11-2/h1,5H,(H2,10,11)(H,13,14). The molecule has 1 rings (SSSR count). The van der Waals surface area contributed by atoms with E-state index in [0.717, 1.165) is 0 Å². The minimum absolute atomic E-state index is 0.393. The summed E-state index contributed by atoms with van der Waals surface area (Å²) in [6.45, 7) is 0. The molecule has 1 aromatic heterocycles. The van der Waals surface area contributed by atoms with Gasteiger partial charge in [-0.05, 0) is 0 Å². The van der Waals surface area contributed by atoms with Gasteiger partial charge in [0.05, 0.1) is 4.92 Å². The number of carbonyl (C=O) groups is 1. The fraction of sp³-hybridized carbons (Fsp3) is 0.143. The van der Waals surface area contributed by atoms with Crippen LogP contribution < -0.4 is 5.73 Å². The van der Waals surface area contributed by atoms with E-state index in [-0.39, 0.29) is 0 Å². The molecule has 0 atom stereocenters. The highest BCUT2D eigenvalue weighted by molar-refractivity contribution is 5.97. The predicted octanol–water partition coefficient (Wildman–Crippen LogP) is 1.21. The molecule has 0 unspecified atom stereocenters. The smallest absolute Gasteiger partial charge is 0.346 e. The van der Waals surface area contributed by atoms with Gasteiger partial charge in [0.15, 0.2) is 5.56 Å². The van der Waals surface area contributed by atoms with Crippen molar-refractivity contribution in [3.05, 3.63) is 27.4 Å². The maximum atomic E-state index is 12.2. The predicted molar refractivity (Wildman–Crippen MR) is 47.2 cm³/mol. The van der Waals surface area contributed by atoms with Crippen LogP contribution in [0.1, 0.15) is 22.5 Å². The average Bonchev–Trinajstić information content (AvgIpc) is 2.15. The van der Waals surface area contributed by atoms with E-state index in [2.05, 4.69) is 4.98 Å². The van der Waals surface area contributed by atoms with Crippen molar-refractivity contribution < 1.29 is 23.6 Å². The molecule has 1 heterocycles. The third-order valence-corrected chi connectivity index (χ3v) is 1.68. The van der Waals surface area contributed by atoms with Crippen molar-refractivity contribution >= 4 is 17.5 Å². The van der Waals surface area contributed by atoms with Gasteiger partial charge in [0.2, 0.25) is 0 Å². The van der Waals surface area contributed by atoms with Crippen LogP contribution in [0.3, 0.4) is 0 Å². The minimum atomic E-state index is -3.07. The monoisotopic (exact) mass is 233 g/mol. The minimum Gasteiger partial charge on any atom is -0.477 e. The van der Waals surface area contributed by atoms with E-state index in [1.165, 1.54) is 0 Å². The van der Waals surface area contributed by atoms with Crippen LogP contribution in [0.25, 0.3) is 0 Å². The Morgan fingerprint density at radius 3 is 2.56 bits per heavy atom. The van der Waals surface area contributed by atoms with E-state index in [9.17, 15) is 23.7 Å². The fourth-order valence-electron chi connectivity index (χ4n) is 1.05. The molecule has 0 amide bonds. The van der Waals surface area contributed by atoms with Crippen LogP contribution in [-0.2, 0) is 0 Å². The number of hydrogen-bond acceptors (Lipinski definition) is 5. The zero-order valence-corrected chi connectivity index (χ0v) is 7.55. The molecule has 0 bridgehead atoms. The first kappa shape index (κ1) is 11.8. The van der Waals surface area contributed by atoms with Gasteiger partial charge in [0.25, 0.3) is 12.1 Å². The lowest BCUT2D eigenvalue weighted by Gasteiger charge is -2.04. The molecule has 0 saturated heterocycles. The first-order chi connectivity index (χ1) is 7.34. The number of nitrogen functional groups attached to an aromatic ring is 1. The van der Waals surface area contributed by atoms with Crippen LogP contribution >= 0.6 is 0 Å². The number of nitro groups is 1. The number of carboxylic acids is 1. The van der Waals surface area contributed by atoms with E-state index < -0.39 is 40.1 Å². The Morgan fingerprint density at radius 2 is 2.19 bits per heavy atom. The van der Waals surface area contributed by atoms with Crippen LogP contribution in [-0.4, -0.2) is 21.0 Å². The van der Waals surface area contributed by atoms with Crippen molar-refractivity contribution in [3.8, 4) is 0 Å². The van der Waals surface area contributed by atoms with Gasteiger partial charge in [0.1, 0.15) is 11.5 Å². The van der Waals surface area contributed by atoms with Gasteiger partial charge < -0.3 is 10.8 Å². The number of aromatic carboxylic acids is 1. The summed E-state index contributed by atoms with van der Waals surface area (Å²) >= 11 is 0. The van der Waals surface area contributed by atoms with Crippen LogP contribution in [0.15, 0.2) is 6.07 Å². The lowest BCUT2D eigenvalue weighted by Crippen LogP contribution is -2.10. The highest BCUT2D eigenvalue weighted by Gasteiger charge is 2.27. The summed E-state index contributed by atoms with van der Waals surface area (Å²) in [6.07, 6.45) is -3.07. The number of hydrogen-bond donors (Lipinski definition) is 2. The van der Waals surface area contributed by atoms with E-state index in [1.54, 1.807) is 0 Å². The zero-order valence-electron chi connectivity index (χ0n) is 7.55. The normalized spacial score (nSPS) is 10.4. The third kappa shape index (κ3) is 2.02. The van der Waals surface area contributed by atoms with Gasteiger partial charge in [0, 0.05) is 6.07 Å². The van der Waals surface area contributed by atoms with Gasteiger partial charge >= 0.3 is 5.97 Å². The Bertz CT molecular complexity index is 463. The number of rotatable bonds is 3. The van der Waals surface area contributed by atoms with Crippen LogP contribution in [0, 0.1) is 10.1 Å². The molecule has 0 radical (unpaired) electrons. The number of halogens is 2. The van der Waals surface area contributed by atoms with E-state index in [4.69, 9.17) is 10.8 Å². The van der Waals surface area contributed by atoms with Crippen molar-refractivity contribution in [3.63, 3.8) is 0 Å². The second kappa shape index (κ2) is 4.04. The number of nitrogens with two attached hydrogens (primary N) is 1. The Labute approximate surface area is 86.7 Å². The Morgan fingerprint density at radius 1 is 1.62 bits per heavy atom. The van der Waals surface area contributed by atoms with E-state index >= 15 is 0 Å². The summed E-state index contributed by atoms with van der Waals surface area (Å²) in [6, 6.07) is 0.393. The molecule has 16 heavy (non-hydrogen) atoms. The van der Waals surface area contributed by atoms with Gasteiger partial charge in [-0.3, -0.25) is 10.1 Å². The molecule has 0 saturated carbocycles. The van der Waals surface area contributed by atoms with Crippen molar-refractivity contribution in [1.29, 1.82) is 0 Å². The fourth-order valence-corrected chi connectivity index (χ4v) is 1.05. The molecule has 0 aliphatic carbocycles. The molecule has 1 aromatic rings. The number of pyridine rings is 1. The summed E-state index contributed by atoms with van der Waals surface area (Å²) in [7, 11) is 0. The Balaban J connectivity index is 3.52. The highest BCUT2D eigenvalue weighted by atomic mass is 19.3. The average molecular weight is 233 g/mol. The summed E-state index contributed by atoms with van der Waals surface area (Å²) in [5.41, 5.74) is 2.23. The summed E-state index contributed by atoms with van der Waals surface area (Å²) in [5, 5.41) is 19.1. The van der Waals surface area contributed by atoms with E-state index in [0.29, 0.717) is 6.07 Å². The molecule has 0 aromatic carbocycles. The van der Waals surface area contributed by atoms with Crippen LogP contribution in [0.4, 0.5) is 20.3 Å². The second-order valence-corrected chi connectivity index (χ2v) is 2.69. The SMILES string of the molecule is Nc1nc(C(F)F)cc([N+](=O)[O-])c1C(=O)O. The van der Waals surface area contributed by atoms with Crippen molar-refractivity contribution in [2.24, 2.45) is 0 Å². The molecule has 0 spiro atoms. The highest BCUT2D eigenvalue weighted by Crippen LogP contribution is 2.28. The molecule has 9 heteroatoms. The van der Waals surface area contributed by atoms with Gasteiger partial charge in [-0.25, -0.2) is 18.6 Å². The van der Waals surface area contributed by atoms with Crippen LogP contribution in [0.5, 0.6) is 0 Å². The quantitative estimate of drug-likeness (QED) is 0.598. The molecule has 7 nitrogen and oxygen atoms in total. The molecule has 0 aliphatic rings. The Hall–Kier alpha value is -2.32. The zero-order chi connectivity index (χ0) is 12.5. The topological polar surface area (TPSA) is 119 Å². The number of anilines is 1. The number of nitrogens with zero attached hydrogens (tertiary/aromatic N) is 2. The number of aromatic nitrogens is 1. The second-order valence-electron chi connectivity index (χ2n) is 2.69. The first-order valence-corrected chi connectivity index (χ1v) is 3.80. The molecular weight excluding hydrogens is 228 g/mol. The first-order valence-electron chi connectivity index (χ1n) is 3.80. The lowest BCUT2D eigenvalue weighted by molar-refractivity contribution is -0.385. The third-order valence-electron chi connectivity index (χ3n) is 1.68. The molecule has 0 aliphatic heterocycles. The van der Waals surface area contributed by atoms with Gasteiger partial charge in [-0.2, -0.15) is 0 Å². The molecular formula is C7H5F2N3O4. The van der Waals surface area contributed by atoms with Crippen molar-refractivity contribution in [2.75, 3.05) is 5.73 Å². The lowest BCUT2D eigenvalue weighted by atomic mass is 10.2. The van der Waals surface area contributed by atoms with Gasteiger partial charge in [-0.1, -0.05) is 0 Å². The maximum absolute atomic E-state index is 12.2. The largest absolute Gasteiger partial charge is 0.477 e. The Kier molecular flexibility index (Phi) is 2.97. The molecule has 0 fully saturated rings. The number of alkyl halides is 2. The summed E-state index contributed by atoms with van der Waals surface area (Å²) in [4.78, 5) is 23.1. The molecule has 3 N–H and O–H groups in total. The van der Waals surface area contributed by atoms with E-state index in [1.807, 2.05) is 0 Å².